The molecule has 0 bridgehead atoms. The first kappa shape index (κ1) is 22.0. The summed E-state index contributed by atoms with van der Waals surface area (Å²) in [6.07, 6.45) is 0. The number of carbonyl (C=O) groups excluding carboxylic acids is 1. The van der Waals surface area contributed by atoms with Crippen LogP contribution in [0.2, 0.25) is 0 Å². The van der Waals surface area contributed by atoms with Crippen molar-refractivity contribution in [2.45, 2.75) is 31.3 Å². The van der Waals surface area contributed by atoms with Crippen LogP contribution in [0.4, 0.5) is 0 Å². The molecule has 0 radical (unpaired) electrons. The highest BCUT2D eigenvalue weighted by molar-refractivity contribution is 7.90. The monoisotopic (exact) mass is 428 g/mol. The fraction of sp³-hybridized carbons (Fsp3) is 0.364. The van der Waals surface area contributed by atoms with Crippen LogP contribution in [0.25, 0.3) is 0 Å². The van der Waals surface area contributed by atoms with Crippen molar-refractivity contribution < 1.29 is 13.2 Å². The lowest BCUT2D eigenvalue weighted by atomic mass is 10.0. The Labute approximate surface area is 178 Å². The number of fused-ring (bicyclic) bond motifs is 1. The number of amidine groups is 1. The van der Waals surface area contributed by atoms with Gasteiger partial charge in [0.1, 0.15) is 11.9 Å². The molecular weight excluding hydrogens is 400 g/mol. The Morgan fingerprint density at radius 1 is 1.10 bits per heavy atom. The molecule has 0 fully saturated rings. The molecule has 0 unspecified atom stereocenters. The second-order valence-electron chi connectivity index (χ2n) is 7.78. The van der Waals surface area contributed by atoms with Gasteiger partial charge in [0.15, 0.2) is 0 Å². The van der Waals surface area contributed by atoms with Gasteiger partial charge in [0.05, 0.1) is 4.90 Å². The van der Waals surface area contributed by atoms with Crippen LogP contribution in [0.5, 0.6) is 0 Å². The molecule has 30 heavy (non-hydrogen) atoms. The molecule has 1 atom stereocenters. The Bertz CT molecular complexity index is 1020. The van der Waals surface area contributed by atoms with Crippen LogP contribution < -0.4 is 10.0 Å². The first-order chi connectivity index (χ1) is 14.3. The van der Waals surface area contributed by atoms with Gasteiger partial charge in [-0.1, -0.05) is 56.3 Å². The minimum absolute atomic E-state index is 0.0863. The highest BCUT2D eigenvalue weighted by Crippen LogP contribution is 2.23. The van der Waals surface area contributed by atoms with Crippen LogP contribution in [0.1, 0.15) is 25.0 Å². The van der Waals surface area contributed by atoms with E-state index >= 15 is 0 Å². The summed E-state index contributed by atoms with van der Waals surface area (Å²) in [6, 6.07) is 16.1. The summed E-state index contributed by atoms with van der Waals surface area (Å²) >= 11 is 0. The van der Waals surface area contributed by atoms with E-state index in [9.17, 15) is 13.2 Å². The molecule has 0 spiro atoms. The summed E-state index contributed by atoms with van der Waals surface area (Å²) < 4.78 is 27.0. The number of hydrogen-bond donors (Lipinski definition) is 2. The maximum atomic E-state index is 12.8. The van der Waals surface area contributed by atoms with Crippen LogP contribution >= 0.6 is 0 Å². The largest absolute Gasteiger partial charge is 0.353 e. The quantitative estimate of drug-likeness (QED) is 0.673. The van der Waals surface area contributed by atoms with Crippen molar-refractivity contribution in [2.24, 2.45) is 10.9 Å². The highest BCUT2D eigenvalue weighted by Gasteiger charge is 2.32. The fourth-order valence-electron chi connectivity index (χ4n) is 3.33. The maximum absolute atomic E-state index is 12.8. The van der Waals surface area contributed by atoms with Crippen LogP contribution in [-0.2, 0) is 21.4 Å². The number of likely N-dealkylation sites (N-methyl/N-ethyl adjacent to an activating group) is 1. The standard InChI is InChI=1S/C22H28N4O3S/c1-16(2)20(24-21-18-11-7-8-12-19(18)30(28,29)25-21)22(27)23-13-14-26(3)15-17-9-5-4-6-10-17/h4-12,16,20H,13-15H2,1-3H3,(H,23,27)(H,24,25)/t20-/m0/s1. The number of nitrogens with one attached hydrogen (secondary N) is 2. The Morgan fingerprint density at radius 3 is 2.47 bits per heavy atom. The van der Waals surface area contributed by atoms with Crippen molar-refractivity contribution in [2.75, 3.05) is 20.1 Å². The molecule has 160 valence electrons. The van der Waals surface area contributed by atoms with Crippen molar-refractivity contribution >= 4 is 21.8 Å². The SMILES string of the molecule is CC(C)[C@H](N=C1NS(=O)(=O)c2ccccc21)C(=O)NCCN(C)Cc1ccccc1. The molecule has 1 aliphatic heterocycles. The minimum Gasteiger partial charge on any atom is -0.353 e. The summed E-state index contributed by atoms with van der Waals surface area (Å²) in [5.41, 5.74) is 1.71. The summed E-state index contributed by atoms with van der Waals surface area (Å²) in [5.74, 6) is -0.0772. The Balaban J connectivity index is 1.63. The van der Waals surface area contributed by atoms with Gasteiger partial charge in [0.2, 0.25) is 5.91 Å². The molecule has 0 aromatic heterocycles. The highest BCUT2D eigenvalue weighted by atomic mass is 32.2. The third kappa shape index (κ3) is 5.25. The Morgan fingerprint density at radius 2 is 1.77 bits per heavy atom. The molecule has 0 saturated carbocycles. The Hall–Kier alpha value is -2.71. The second-order valence-corrected chi connectivity index (χ2v) is 9.43. The zero-order valence-corrected chi connectivity index (χ0v) is 18.3. The van der Waals surface area contributed by atoms with Gasteiger partial charge < -0.3 is 10.2 Å². The van der Waals surface area contributed by atoms with Gasteiger partial charge in [0.25, 0.3) is 10.0 Å². The molecule has 2 aromatic carbocycles. The summed E-state index contributed by atoms with van der Waals surface area (Å²) in [4.78, 5) is 19.6. The first-order valence-corrected chi connectivity index (χ1v) is 11.5. The van der Waals surface area contributed by atoms with Gasteiger partial charge in [-0.15, -0.1) is 0 Å². The number of amides is 1. The first-order valence-electron chi connectivity index (χ1n) is 9.98. The second kappa shape index (κ2) is 9.40. The summed E-state index contributed by atoms with van der Waals surface area (Å²) in [5, 5.41) is 2.93. The van der Waals surface area contributed by atoms with Gasteiger partial charge in [-0.2, -0.15) is 0 Å². The van der Waals surface area contributed by atoms with E-state index in [-0.39, 0.29) is 22.6 Å². The molecule has 8 heteroatoms. The third-order valence-corrected chi connectivity index (χ3v) is 6.32. The Kier molecular flexibility index (Phi) is 6.89. The van der Waals surface area contributed by atoms with Crippen LogP contribution in [0, 0.1) is 5.92 Å². The number of aliphatic imine (C=N–C) groups is 1. The molecule has 0 aliphatic carbocycles. The summed E-state index contributed by atoms with van der Waals surface area (Å²) in [7, 11) is -1.63. The zero-order valence-electron chi connectivity index (χ0n) is 17.5. The van der Waals surface area contributed by atoms with Crippen LogP contribution in [-0.4, -0.2) is 51.2 Å². The maximum Gasteiger partial charge on any atom is 0.263 e. The average Bonchev–Trinajstić information content (AvgIpc) is 2.97. The van der Waals surface area contributed by atoms with Crippen molar-refractivity contribution in [1.29, 1.82) is 0 Å². The third-order valence-electron chi connectivity index (χ3n) is 4.92. The van der Waals surface area contributed by atoms with Crippen LogP contribution in [0.15, 0.2) is 64.5 Å². The molecule has 7 nitrogen and oxygen atoms in total. The van der Waals surface area contributed by atoms with Crippen LogP contribution in [0.3, 0.4) is 0 Å². The molecule has 0 saturated heterocycles. The van der Waals surface area contributed by atoms with E-state index in [1.54, 1.807) is 18.2 Å². The molecule has 1 amide bonds. The van der Waals surface area contributed by atoms with Gasteiger partial charge in [-0.05, 0) is 30.7 Å². The molecule has 3 rings (SSSR count). The normalized spacial score (nSPS) is 17.0. The number of hydrogen-bond acceptors (Lipinski definition) is 5. The lowest BCUT2D eigenvalue weighted by molar-refractivity contribution is -0.123. The van der Waals surface area contributed by atoms with Crippen molar-refractivity contribution in [3.05, 3.63) is 65.7 Å². The van der Waals surface area contributed by atoms with Crippen molar-refractivity contribution in [1.82, 2.24) is 14.9 Å². The fourth-order valence-corrected chi connectivity index (χ4v) is 4.57. The van der Waals surface area contributed by atoms with Crippen molar-refractivity contribution in [3.8, 4) is 0 Å². The smallest absolute Gasteiger partial charge is 0.263 e. The topological polar surface area (TPSA) is 90.9 Å². The van der Waals surface area contributed by atoms with Crippen molar-refractivity contribution in [3.63, 3.8) is 0 Å². The molecule has 2 N–H and O–H groups in total. The predicted molar refractivity (Wildman–Crippen MR) is 118 cm³/mol. The van der Waals surface area contributed by atoms with Gasteiger partial charge >= 0.3 is 0 Å². The molecule has 1 heterocycles. The number of benzene rings is 2. The predicted octanol–water partition coefficient (Wildman–Crippen LogP) is 2.00. The average molecular weight is 429 g/mol. The minimum atomic E-state index is -3.63. The van der Waals surface area contributed by atoms with E-state index in [4.69, 9.17) is 0 Å². The van der Waals surface area contributed by atoms with E-state index in [2.05, 4.69) is 32.1 Å². The summed E-state index contributed by atoms with van der Waals surface area (Å²) in [6.45, 7) is 5.76. The number of nitrogens with zero attached hydrogens (tertiary/aromatic N) is 2. The van der Waals surface area contributed by atoms with E-state index in [1.807, 2.05) is 39.1 Å². The van der Waals surface area contributed by atoms with Gasteiger partial charge in [-0.25, -0.2) is 8.42 Å². The van der Waals surface area contributed by atoms with E-state index in [0.29, 0.717) is 18.7 Å². The number of carbonyl (C=O) groups is 1. The van der Waals surface area contributed by atoms with E-state index < -0.39 is 16.1 Å². The molecule has 2 aromatic rings. The zero-order chi connectivity index (χ0) is 21.7. The number of sulfonamides is 1. The molecular formula is C22H28N4O3S. The van der Waals surface area contributed by atoms with Gasteiger partial charge in [0, 0.05) is 25.2 Å². The molecule has 1 aliphatic rings. The van der Waals surface area contributed by atoms with E-state index in [1.165, 1.54) is 11.6 Å². The van der Waals surface area contributed by atoms with E-state index in [0.717, 1.165) is 6.54 Å². The lowest BCUT2D eigenvalue weighted by Crippen LogP contribution is -2.41. The number of rotatable bonds is 8. The van der Waals surface area contributed by atoms with Gasteiger partial charge in [-0.3, -0.25) is 14.5 Å². The lowest BCUT2D eigenvalue weighted by Gasteiger charge is -2.20.